The van der Waals surface area contributed by atoms with Crippen molar-refractivity contribution in [3.8, 4) is 0 Å². The Hall–Kier alpha value is 0.230. The maximum Gasteiger partial charge on any atom is 0.205 e. The van der Waals surface area contributed by atoms with E-state index < -0.39 is 0 Å². The topological polar surface area (TPSA) is 18.5 Å². The minimum Gasteiger partial charge on any atom is -0.206 e. The van der Waals surface area contributed by atoms with Crippen molar-refractivity contribution in [2.24, 2.45) is 0 Å². The standard InChI is InChI=1S/C10H20NO2S/c1-10-5-4-6-11(10,12-2)8-9(7-10)14-13-3/h9H,4-8H2,1-3H3/q+1/p+1/t9?,10-,11?/m0/s1. The van der Waals surface area contributed by atoms with Crippen LogP contribution < -0.4 is 0 Å². The molecule has 0 spiro atoms. The second kappa shape index (κ2) is 3.67. The Kier molecular flexibility index (Phi) is 2.81. The highest BCUT2D eigenvalue weighted by atomic mass is 32.2. The predicted molar refractivity (Wildman–Crippen MR) is 58.8 cm³/mol. The highest BCUT2D eigenvalue weighted by Gasteiger charge is 2.63. The number of rotatable bonds is 3. The minimum absolute atomic E-state index is 0.352. The fourth-order valence-corrected chi connectivity index (χ4v) is 4.38. The first-order valence-electron chi connectivity index (χ1n) is 5.32. The van der Waals surface area contributed by atoms with Crippen LogP contribution in [-0.4, -0.2) is 42.7 Å². The molecule has 2 aliphatic heterocycles. The summed E-state index contributed by atoms with van der Waals surface area (Å²) < 4.78 is 6.10. The molecule has 0 saturated carbocycles. The van der Waals surface area contributed by atoms with E-state index in [1.807, 2.05) is 7.11 Å². The van der Waals surface area contributed by atoms with Gasteiger partial charge in [0, 0.05) is 12.8 Å². The zero-order chi connectivity index (χ0) is 10.2. The van der Waals surface area contributed by atoms with E-state index in [4.69, 9.17) is 9.02 Å². The van der Waals surface area contributed by atoms with Crippen molar-refractivity contribution in [3.05, 3.63) is 0 Å². The molecule has 2 unspecified atom stereocenters. The average molecular weight is 219 g/mol. The average Bonchev–Trinajstić information content (AvgIpc) is 2.56. The summed E-state index contributed by atoms with van der Waals surface area (Å²) in [6.45, 7) is 4.68. The van der Waals surface area contributed by atoms with Crippen LogP contribution in [0.4, 0.5) is 0 Å². The molecule has 82 valence electrons. The molecule has 0 N–H and O–H groups in total. The zero-order valence-electron chi connectivity index (χ0n) is 9.32. The number of hydrogen-bond donors (Lipinski definition) is 0. The first-order valence-corrected chi connectivity index (χ1v) is 6.20. The molecule has 2 heterocycles. The zero-order valence-corrected chi connectivity index (χ0v) is 10.2. The van der Waals surface area contributed by atoms with Gasteiger partial charge in [0.1, 0.15) is 24.1 Å². The highest BCUT2D eigenvalue weighted by molar-refractivity contribution is 7.74. The first kappa shape index (κ1) is 10.7. The predicted octanol–water partition coefficient (Wildman–Crippen LogP) is 1.07. The van der Waals surface area contributed by atoms with Crippen molar-refractivity contribution < 1.29 is 13.7 Å². The van der Waals surface area contributed by atoms with Crippen molar-refractivity contribution in [1.29, 1.82) is 0 Å². The molecule has 0 amide bonds. The summed E-state index contributed by atoms with van der Waals surface area (Å²) in [5, 5.41) is 0.658. The van der Waals surface area contributed by atoms with E-state index in [2.05, 4.69) is 6.92 Å². The maximum absolute atomic E-state index is 5.78. The number of quaternary nitrogens is 1. The van der Waals surface area contributed by atoms with E-state index in [1.165, 1.54) is 25.8 Å². The molecule has 0 aromatic rings. The molecule has 4 heteroatoms. The number of hydroxylamine groups is 3. The van der Waals surface area contributed by atoms with Gasteiger partial charge in [-0.05, 0) is 6.92 Å². The third-order valence-corrected chi connectivity index (χ3v) is 4.86. The molecule has 2 aliphatic rings. The molecular weight excluding hydrogens is 198 g/mol. The normalized spacial score (nSPS) is 46.9. The lowest BCUT2D eigenvalue weighted by atomic mass is 9.97. The second-order valence-electron chi connectivity index (χ2n) is 4.72. The lowest BCUT2D eigenvalue weighted by molar-refractivity contribution is -1.12. The molecule has 2 fully saturated rings. The summed E-state index contributed by atoms with van der Waals surface area (Å²) in [5.74, 6) is 0. The Labute approximate surface area is 90.5 Å². The third-order valence-electron chi connectivity index (χ3n) is 4.00. The smallest absolute Gasteiger partial charge is 0.205 e. The molecule has 3 nitrogen and oxygen atoms in total. The van der Waals surface area contributed by atoms with Crippen LogP contribution in [0.2, 0.25) is 0 Å². The molecule has 2 saturated heterocycles. The van der Waals surface area contributed by atoms with Crippen LogP contribution in [0.5, 0.6) is 0 Å². The van der Waals surface area contributed by atoms with E-state index in [1.54, 1.807) is 7.11 Å². The largest absolute Gasteiger partial charge is 0.206 e. The molecule has 3 atom stereocenters. The Balaban J connectivity index is 2.13. The van der Waals surface area contributed by atoms with Crippen molar-refractivity contribution in [3.63, 3.8) is 0 Å². The molecule has 0 bridgehead atoms. The monoisotopic (exact) mass is 219 g/mol. The molecule has 2 rings (SSSR count). The Bertz CT molecular complexity index is 226. The lowest BCUT2D eigenvalue weighted by Crippen LogP contribution is -2.54. The molecule has 0 aliphatic carbocycles. The summed E-state index contributed by atoms with van der Waals surface area (Å²) in [4.78, 5) is 5.78. The van der Waals surface area contributed by atoms with Crippen molar-refractivity contribution in [2.45, 2.75) is 37.0 Å². The maximum atomic E-state index is 5.78. The number of thiol groups is 1. The second-order valence-corrected chi connectivity index (χ2v) is 6.03. The fraction of sp³-hybridized carbons (Fsp3) is 1.00. The van der Waals surface area contributed by atoms with Gasteiger partial charge in [0.15, 0.2) is 6.54 Å². The highest BCUT2D eigenvalue weighted by Crippen LogP contribution is 2.46. The van der Waals surface area contributed by atoms with Crippen LogP contribution in [0.25, 0.3) is 0 Å². The summed E-state index contributed by atoms with van der Waals surface area (Å²) in [5.41, 5.74) is 0.352. The van der Waals surface area contributed by atoms with E-state index in [0.717, 1.165) is 23.2 Å². The van der Waals surface area contributed by atoms with Gasteiger partial charge in [-0.25, -0.2) is 4.84 Å². The van der Waals surface area contributed by atoms with Crippen LogP contribution in [0.3, 0.4) is 0 Å². The molecule has 0 radical (unpaired) electrons. The van der Waals surface area contributed by atoms with Gasteiger partial charge in [0.25, 0.3) is 0 Å². The van der Waals surface area contributed by atoms with Crippen LogP contribution in [-0.2, 0) is 21.1 Å². The van der Waals surface area contributed by atoms with Gasteiger partial charge in [-0.15, -0.1) is 0 Å². The lowest BCUT2D eigenvalue weighted by Gasteiger charge is -2.36. The SMILES string of the molecule is CO[SH+]C1C[C@]2(C)CCC[N+]2(OC)C1. The van der Waals surface area contributed by atoms with Gasteiger partial charge in [-0.2, -0.15) is 8.83 Å². The van der Waals surface area contributed by atoms with E-state index >= 15 is 0 Å². The minimum atomic E-state index is 0.352. The van der Waals surface area contributed by atoms with E-state index in [-0.39, 0.29) is 0 Å². The van der Waals surface area contributed by atoms with Gasteiger partial charge in [0.05, 0.1) is 20.6 Å². The van der Waals surface area contributed by atoms with Crippen molar-refractivity contribution >= 4 is 12.0 Å². The summed E-state index contributed by atoms with van der Waals surface area (Å²) in [6.07, 6.45) is 3.85. The Morgan fingerprint density at radius 2 is 2.21 bits per heavy atom. The van der Waals surface area contributed by atoms with Crippen LogP contribution in [0.1, 0.15) is 26.2 Å². The third kappa shape index (κ3) is 1.40. The van der Waals surface area contributed by atoms with Gasteiger partial charge < -0.3 is 0 Å². The number of fused-ring (bicyclic) bond motifs is 1. The molecule has 14 heavy (non-hydrogen) atoms. The fourth-order valence-electron chi connectivity index (χ4n) is 3.29. The Morgan fingerprint density at radius 3 is 2.79 bits per heavy atom. The van der Waals surface area contributed by atoms with Crippen LogP contribution in [0.15, 0.2) is 0 Å². The summed E-state index contributed by atoms with van der Waals surface area (Å²) in [7, 11) is 3.64. The van der Waals surface area contributed by atoms with Crippen LogP contribution >= 0.6 is 0 Å². The van der Waals surface area contributed by atoms with Gasteiger partial charge >= 0.3 is 0 Å². The van der Waals surface area contributed by atoms with E-state index in [0.29, 0.717) is 10.8 Å². The van der Waals surface area contributed by atoms with Crippen molar-refractivity contribution in [2.75, 3.05) is 27.3 Å². The quantitative estimate of drug-likeness (QED) is 0.401. The number of nitrogens with zero attached hydrogens (tertiary/aromatic N) is 1. The molecule has 0 aromatic carbocycles. The van der Waals surface area contributed by atoms with Gasteiger partial charge in [-0.3, -0.25) is 0 Å². The summed E-state index contributed by atoms with van der Waals surface area (Å²) >= 11 is 1.13. The van der Waals surface area contributed by atoms with Gasteiger partial charge in [0.2, 0.25) is 5.25 Å². The molecular formula is C10H21NO2S+2. The molecule has 0 aromatic heterocycles. The Morgan fingerprint density at radius 1 is 1.43 bits per heavy atom. The van der Waals surface area contributed by atoms with Crippen LogP contribution in [0, 0.1) is 0 Å². The first-order chi connectivity index (χ1) is 6.66. The van der Waals surface area contributed by atoms with Gasteiger partial charge in [-0.1, -0.05) is 0 Å². The number of hydrogen-bond acceptors (Lipinski definition) is 2. The van der Waals surface area contributed by atoms with E-state index in [9.17, 15) is 0 Å². The summed E-state index contributed by atoms with van der Waals surface area (Å²) in [6, 6.07) is 0. The van der Waals surface area contributed by atoms with Crippen molar-refractivity contribution in [1.82, 2.24) is 0 Å².